The molecule has 1 heterocycles. The number of hydrogen-bond acceptors (Lipinski definition) is 6. The molecular formula is C26H26Cl2F3N3O5S. The summed E-state index contributed by atoms with van der Waals surface area (Å²) in [6.07, 6.45) is -4.02. The van der Waals surface area contributed by atoms with E-state index in [1.165, 1.54) is 35.0 Å². The minimum atomic E-state index is -4.64. The topological polar surface area (TPSA) is 111 Å². The van der Waals surface area contributed by atoms with Crippen molar-refractivity contribution >= 4 is 39.2 Å². The summed E-state index contributed by atoms with van der Waals surface area (Å²) in [7, 11) is -4.48. The number of rotatable bonds is 8. The van der Waals surface area contributed by atoms with E-state index in [9.17, 15) is 31.5 Å². The Morgan fingerprint density at radius 2 is 1.88 bits per heavy atom. The van der Waals surface area contributed by atoms with Gasteiger partial charge in [0.05, 0.1) is 34.7 Å². The Kier molecular flexibility index (Phi) is 9.03. The van der Waals surface area contributed by atoms with Gasteiger partial charge in [-0.2, -0.15) is 26.7 Å². The number of carbonyl (C=O) groups excluding carboxylic acids is 1. The van der Waals surface area contributed by atoms with Gasteiger partial charge in [-0.15, -0.1) is 0 Å². The van der Waals surface area contributed by atoms with Crippen molar-refractivity contribution in [1.29, 1.82) is 0 Å². The number of aliphatic hydroxyl groups is 1. The predicted octanol–water partition coefficient (Wildman–Crippen LogP) is 5.85. The second-order valence-corrected chi connectivity index (χ2v) is 12.1. The van der Waals surface area contributed by atoms with E-state index in [4.69, 9.17) is 27.4 Å². The molecule has 0 radical (unpaired) electrons. The first kappa shape index (κ1) is 30.2. The second kappa shape index (κ2) is 12.0. The van der Waals surface area contributed by atoms with Crippen LogP contribution in [0.25, 0.3) is 16.9 Å². The molecule has 3 aromatic rings. The number of nitrogens with one attached hydrogen (secondary N) is 1. The van der Waals surface area contributed by atoms with Gasteiger partial charge in [-0.3, -0.25) is 4.79 Å². The highest BCUT2D eigenvalue weighted by molar-refractivity contribution is 7.87. The first-order valence-corrected chi connectivity index (χ1v) is 14.7. The third-order valence-electron chi connectivity index (χ3n) is 6.44. The molecule has 0 unspecified atom stereocenters. The molecule has 1 amide bonds. The van der Waals surface area contributed by atoms with E-state index in [-0.39, 0.29) is 22.5 Å². The van der Waals surface area contributed by atoms with Crippen LogP contribution in [0, 0.1) is 6.92 Å². The van der Waals surface area contributed by atoms with Crippen molar-refractivity contribution in [1.82, 2.24) is 15.1 Å². The summed E-state index contributed by atoms with van der Waals surface area (Å²) in [5.74, 6) is -1.82. The van der Waals surface area contributed by atoms with Crippen LogP contribution in [0.5, 0.6) is 5.75 Å². The standard InChI is InChI=1S/C26H26Cl2F3N3O5S/c1-15-23(25(36)32-18-3-2-4-19(35)14-18)33-34(22-10-7-17(27)13-21(22)28)24(15)16-5-8-20(9-6-16)39-40(37,38)12-11-26(29,30)31/h5-10,13,18-19,35H,2-4,11-12,14H2,1H3,(H,32,36)/t18-,19+/m1/s1. The zero-order valence-electron chi connectivity index (χ0n) is 21.2. The summed E-state index contributed by atoms with van der Waals surface area (Å²) in [5, 5.41) is 18.1. The fraction of sp³-hybridized carbons (Fsp3) is 0.385. The van der Waals surface area contributed by atoms with E-state index in [2.05, 4.69) is 10.4 Å². The molecule has 216 valence electrons. The number of halogens is 5. The van der Waals surface area contributed by atoms with Crippen molar-refractivity contribution in [2.24, 2.45) is 0 Å². The lowest BCUT2D eigenvalue weighted by molar-refractivity contribution is -0.130. The van der Waals surface area contributed by atoms with Gasteiger partial charge in [0.2, 0.25) is 0 Å². The van der Waals surface area contributed by atoms with Crippen LogP contribution < -0.4 is 9.50 Å². The number of aromatic nitrogens is 2. The van der Waals surface area contributed by atoms with Crippen LogP contribution in [-0.4, -0.2) is 53.3 Å². The van der Waals surface area contributed by atoms with E-state index in [0.29, 0.717) is 40.4 Å². The van der Waals surface area contributed by atoms with Crippen LogP contribution in [-0.2, 0) is 10.1 Å². The zero-order chi connectivity index (χ0) is 29.2. The Morgan fingerprint density at radius 3 is 2.50 bits per heavy atom. The fourth-order valence-corrected chi connectivity index (χ4v) is 5.98. The van der Waals surface area contributed by atoms with Gasteiger partial charge in [-0.25, -0.2) is 4.68 Å². The van der Waals surface area contributed by atoms with Gasteiger partial charge in [-0.1, -0.05) is 23.2 Å². The smallest absolute Gasteiger partial charge is 0.390 e. The highest BCUT2D eigenvalue weighted by atomic mass is 35.5. The average Bonchev–Trinajstić information content (AvgIpc) is 3.19. The molecule has 0 bridgehead atoms. The van der Waals surface area contributed by atoms with Crippen LogP contribution in [0.2, 0.25) is 10.0 Å². The number of hydrogen-bond donors (Lipinski definition) is 2. The maximum Gasteiger partial charge on any atom is 0.390 e. The van der Waals surface area contributed by atoms with Crippen molar-refractivity contribution in [3.8, 4) is 22.7 Å². The molecule has 1 aliphatic rings. The third-order valence-corrected chi connectivity index (χ3v) is 8.13. The largest absolute Gasteiger partial charge is 0.393 e. The summed E-state index contributed by atoms with van der Waals surface area (Å²) in [6.45, 7) is 1.69. The number of amides is 1. The second-order valence-electron chi connectivity index (χ2n) is 9.56. The molecule has 2 N–H and O–H groups in total. The van der Waals surface area contributed by atoms with Crippen LogP contribution in [0.15, 0.2) is 42.5 Å². The maximum atomic E-state index is 13.3. The van der Waals surface area contributed by atoms with Gasteiger partial charge in [0, 0.05) is 22.2 Å². The highest BCUT2D eigenvalue weighted by Gasteiger charge is 2.31. The van der Waals surface area contributed by atoms with E-state index in [1.54, 1.807) is 19.1 Å². The maximum absolute atomic E-state index is 13.3. The lowest BCUT2D eigenvalue weighted by Crippen LogP contribution is -2.40. The van der Waals surface area contributed by atoms with Crippen molar-refractivity contribution in [2.45, 2.75) is 57.3 Å². The Morgan fingerprint density at radius 1 is 1.18 bits per heavy atom. The Bertz CT molecular complexity index is 1490. The first-order chi connectivity index (χ1) is 18.7. The monoisotopic (exact) mass is 619 g/mol. The molecule has 1 fully saturated rings. The number of aliphatic hydroxyl groups excluding tert-OH is 1. The molecule has 1 aliphatic carbocycles. The van der Waals surface area contributed by atoms with Gasteiger partial charge < -0.3 is 14.6 Å². The lowest BCUT2D eigenvalue weighted by atomic mass is 9.93. The van der Waals surface area contributed by atoms with Gasteiger partial charge in [0.15, 0.2) is 5.69 Å². The number of carbonyl (C=O) groups is 1. The van der Waals surface area contributed by atoms with E-state index < -0.39 is 40.5 Å². The Labute approximate surface area is 239 Å². The molecule has 2 atom stereocenters. The minimum absolute atomic E-state index is 0.121. The van der Waals surface area contributed by atoms with Crippen LogP contribution in [0.3, 0.4) is 0 Å². The fourth-order valence-electron chi connectivity index (χ4n) is 4.52. The van der Waals surface area contributed by atoms with Crippen molar-refractivity contribution in [2.75, 3.05) is 5.75 Å². The molecule has 14 heteroatoms. The minimum Gasteiger partial charge on any atom is -0.393 e. The van der Waals surface area contributed by atoms with E-state index in [1.807, 2.05) is 0 Å². The van der Waals surface area contributed by atoms with Crippen LogP contribution >= 0.6 is 23.2 Å². The van der Waals surface area contributed by atoms with E-state index >= 15 is 0 Å². The molecule has 0 aliphatic heterocycles. The predicted molar refractivity (Wildman–Crippen MR) is 145 cm³/mol. The summed E-state index contributed by atoms with van der Waals surface area (Å²) < 4.78 is 67.7. The Hall–Kier alpha value is -2.80. The van der Waals surface area contributed by atoms with Crippen LogP contribution in [0.4, 0.5) is 13.2 Å². The normalized spacial score (nSPS) is 18.0. The molecule has 0 spiro atoms. The van der Waals surface area contributed by atoms with Gasteiger partial charge in [0.25, 0.3) is 5.91 Å². The third kappa shape index (κ3) is 7.48. The van der Waals surface area contributed by atoms with Crippen molar-refractivity contribution in [3.05, 3.63) is 63.8 Å². The Balaban J connectivity index is 1.68. The summed E-state index contributed by atoms with van der Waals surface area (Å²) in [6, 6.07) is 10.1. The molecule has 8 nitrogen and oxygen atoms in total. The van der Waals surface area contributed by atoms with Gasteiger partial charge >= 0.3 is 16.3 Å². The van der Waals surface area contributed by atoms with Crippen molar-refractivity contribution < 1.29 is 35.7 Å². The molecule has 2 aromatic carbocycles. The molecule has 4 rings (SSSR count). The SMILES string of the molecule is Cc1c(C(=O)N[C@@H]2CCC[C@H](O)C2)nn(-c2ccc(Cl)cc2Cl)c1-c1ccc(OS(=O)(=O)CCC(F)(F)F)cc1. The first-order valence-electron chi connectivity index (χ1n) is 12.4. The quantitative estimate of drug-likeness (QED) is 0.306. The number of benzene rings is 2. The molecule has 0 saturated heterocycles. The lowest BCUT2D eigenvalue weighted by Gasteiger charge is -2.26. The molecule has 1 saturated carbocycles. The highest BCUT2D eigenvalue weighted by Crippen LogP contribution is 2.34. The molecular weight excluding hydrogens is 594 g/mol. The zero-order valence-corrected chi connectivity index (χ0v) is 23.5. The molecule has 1 aromatic heterocycles. The van der Waals surface area contributed by atoms with Crippen molar-refractivity contribution in [3.63, 3.8) is 0 Å². The average molecular weight is 620 g/mol. The molecule has 40 heavy (non-hydrogen) atoms. The van der Waals surface area contributed by atoms with E-state index in [0.717, 1.165) is 12.8 Å². The number of alkyl halides is 3. The summed E-state index contributed by atoms with van der Waals surface area (Å²) in [4.78, 5) is 13.3. The van der Waals surface area contributed by atoms with Crippen LogP contribution in [0.1, 0.15) is 48.2 Å². The summed E-state index contributed by atoms with van der Waals surface area (Å²) >= 11 is 12.5. The van der Waals surface area contributed by atoms with Gasteiger partial charge in [-0.05, 0) is 75.1 Å². The summed E-state index contributed by atoms with van der Waals surface area (Å²) in [5.41, 5.74) is 2.00. The van der Waals surface area contributed by atoms with Gasteiger partial charge in [0.1, 0.15) is 5.75 Å². The number of nitrogens with zero attached hydrogens (tertiary/aromatic N) is 2.